The number of carbonyl (C=O) groups excluding carboxylic acids is 1. The van der Waals surface area contributed by atoms with Crippen molar-refractivity contribution in [3.63, 3.8) is 0 Å². The van der Waals surface area contributed by atoms with Crippen molar-refractivity contribution >= 4 is 38.9 Å². The molecular weight excluding hydrogens is 366 g/mol. The van der Waals surface area contributed by atoms with E-state index in [1.54, 1.807) is 0 Å². The summed E-state index contributed by atoms with van der Waals surface area (Å²) in [6, 6.07) is 13.8. The number of nitrogens with one attached hydrogen (secondary N) is 2. The molecule has 0 fully saturated rings. The van der Waals surface area contributed by atoms with Gasteiger partial charge in [-0.15, -0.1) is 0 Å². The number of hydrogen-bond donors (Lipinski definition) is 2. The van der Waals surface area contributed by atoms with E-state index >= 15 is 0 Å². The second-order valence-electron chi connectivity index (χ2n) is 5.58. The summed E-state index contributed by atoms with van der Waals surface area (Å²) in [6.45, 7) is 8.56. The highest BCUT2D eigenvalue weighted by atomic mass is 79.9. The van der Waals surface area contributed by atoms with Gasteiger partial charge < -0.3 is 15.5 Å². The minimum absolute atomic E-state index is 0.0652. The lowest BCUT2D eigenvalue weighted by Gasteiger charge is -2.22. The van der Waals surface area contributed by atoms with E-state index in [0.29, 0.717) is 0 Å². The van der Waals surface area contributed by atoms with E-state index in [4.69, 9.17) is 0 Å². The lowest BCUT2D eigenvalue weighted by atomic mass is 10.1. The maximum absolute atomic E-state index is 12.1. The zero-order chi connectivity index (χ0) is 17.5. The highest BCUT2D eigenvalue weighted by molar-refractivity contribution is 9.10. The molecule has 128 valence electrons. The van der Waals surface area contributed by atoms with Crippen molar-refractivity contribution in [2.75, 3.05) is 35.2 Å². The van der Waals surface area contributed by atoms with Gasteiger partial charge >= 0.3 is 0 Å². The van der Waals surface area contributed by atoms with Crippen LogP contribution in [0, 0.1) is 6.92 Å². The summed E-state index contributed by atoms with van der Waals surface area (Å²) >= 11 is 3.38. The van der Waals surface area contributed by atoms with E-state index < -0.39 is 0 Å². The molecule has 4 nitrogen and oxygen atoms in total. The Morgan fingerprint density at radius 3 is 2.33 bits per heavy atom. The number of amides is 1. The van der Waals surface area contributed by atoms with Gasteiger partial charge in [0.15, 0.2) is 0 Å². The van der Waals surface area contributed by atoms with Crippen molar-refractivity contribution in [2.45, 2.75) is 20.8 Å². The van der Waals surface area contributed by atoms with Crippen LogP contribution >= 0.6 is 15.9 Å². The molecular formula is C19H24BrN3O. The summed E-state index contributed by atoms with van der Waals surface area (Å²) < 4.78 is 0.988. The molecule has 0 saturated heterocycles. The highest BCUT2D eigenvalue weighted by Gasteiger charge is 2.07. The van der Waals surface area contributed by atoms with Gasteiger partial charge in [0.05, 0.1) is 6.54 Å². The quantitative estimate of drug-likeness (QED) is 0.723. The van der Waals surface area contributed by atoms with Crippen molar-refractivity contribution < 1.29 is 4.79 Å². The van der Waals surface area contributed by atoms with Crippen LogP contribution in [0.5, 0.6) is 0 Å². The van der Waals surface area contributed by atoms with Crippen LogP contribution < -0.4 is 15.5 Å². The summed E-state index contributed by atoms with van der Waals surface area (Å²) in [6.07, 6.45) is 0. The van der Waals surface area contributed by atoms with Gasteiger partial charge in [-0.25, -0.2) is 0 Å². The number of hydrogen-bond acceptors (Lipinski definition) is 3. The molecule has 0 aliphatic carbocycles. The molecule has 0 aliphatic heterocycles. The molecule has 0 radical (unpaired) electrons. The molecule has 0 spiro atoms. The molecule has 0 aliphatic rings. The predicted molar refractivity (Wildman–Crippen MR) is 106 cm³/mol. The normalized spacial score (nSPS) is 10.3. The minimum atomic E-state index is -0.0652. The number of aryl methyl sites for hydroxylation is 1. The first-order chi connectivity index (χ1) is 11.5. The standard InChI is InChI=1S/C19H24BrN3O/c1-4-23(5-2)17-10-11-18(14(3)12-17)21-13-19(24)22-16-8-6-15(20)7-9-16/h6-12,21H,4-5,13H2,1-3H3,(H,22,24). The van der Waals surface area contributed by atoms with Crippen LogP contribution in [0.1, 0.15) is 19.4 Å². The van der Waals surface area contributed by atoms with Crippen LogP contribution in [-0.2, 0) is 4.79 Å². The van der Waals surface area contributed by atoms with Gasteiger partial charge in [0.1, 0.15) is 0 Å². The third-order valence-corrected chi connectivity index (χ3v) is 4.43. The van der Waals surface area contributed by atoms with Crippen LogP contribution in [0.2, 0.25) is 0 Å². The van der Waals surface area contributed by atoms with Gasteiger partial charge in [-0.2, -0.15) is 0 Å². The Morgan fingerprint density at radius 2 is 1.75 bits per heavy atom. The Labute approximate surface area is 152 Å². The molecule has 0 atom stereocenters. The fourth-order valence-corrected chi connectivity index (χ4v) is 2.81. The Kier molecular flexibility index (Phi) is 6.67. The van der Waals surface area contributed by atoms with Gasteiger partial charge in [-0.3, -0.25) is 4.79 Å². The maximum Gasteiger partial charge on any atom is 0.243 e. The fraction of sp³-hybridized carbons (Fsp3) is 0.316. The first kappa shape index (κ1) is 18.3. The number of benzene rings is 2. The molecule has 0 heterocycles. The molecule has 24 heavy (non-hydrogen) atoms. The summed E-state index contributed by atoms with van der Waals surface area (Å²) in [5, 5.41) is 6.08. The predicted octanol–water partition coefficient (Wildman–Crippen LogP) is 4.65. The van der Waals surface area contributed by atoms with Gasteiger partial charge in [0.2, 0.25) is 5.91 Å². The molecule has 0 aromatic heterocycles. The Balaban J connectivity index is 1.93. The third kappa shape index (κ3) is 4.99. The lowest BCUT2D eigenvalue weighted by Crippen LogP contribution is -2.23. The van der Waals surface area contributed by atoms with E-state index in [9.17, 15) is 4.79 Å². The second kappa shape index (κ2) is 8.73. The third-order valence-electron chi connectivity index (χ3n) is 3.91. The fourth-order valence-electron chi connectivity index (χ4n) is 2.55. The first-order valence-corrected chi connectivity index (χ1v) is 8.97. The zero-order valence-electron chi connectivity index (χ0n) is 14.4. The molecule has 0 bridgehead atoms. The van der Waals surface area contributed by atoms with Crippen molar-refractivity contribution in [2.24, 2.45) is 0 Å². The Morgan fingerprint density at radius 1 is 1.08 bits per heavy atom. The molecule has 1 amide bonds. The van der Waals surface area contributed by atoms with Crippen molar-refractivity contribution in [3.8, 4) is 0 Å². The number of carbonyl (C=O) groups is 1. The summed E-state index contributed by atoms with van der Waals surface area (Å²) in [7, 11) is 0. The van der Waals surface area contributed by atoms with Gasteiger partial charge in [-0.05, 0) is 68.8 Å². The molecule has 2 rings (SSSR count). The van der Waals surface area contributed by atoms with E-state index in [0.717, 1.165) is 34.5 Å². The Hall–Kier alpha value is -2.01. The smallest absolute Gasteiger partial charge is 0.243 e. The van der Waals surface area contributed by atoms with E-state index in [2.05, 4.69) is 64.4 Å². The number of nitrogens with zero attached hydrogens (tertiary/aromatic N) is 1. The summed E-state index contributed by atoms with van der Waals surface area (Å²) in [5.41, 5.74) is 4.12. The van der Waals surface area contributed by atoms with E-state index in [1.807, 2.05) is 30.3 Å². The van der Waals surface area contributed by atoms with Gasteiger partial charge in [-0.1, -0.05) is 15.9 Å². The molecule has 0 saturated carbocycles. The topological polar surface area (TPSA) is 44.4 Å². The number of rotatable bonds is 7. The molecule has 2 N–H and O–H groups in total. The lowest BCUT2D eigenvalue weighted by molar-refractivity contribution is -0.114. The van der Waals surface area contributed by atoms with Crippen LogP contribution in [0.4, 0.5) is 17.1 Å². The average Bonchev–Trinajstić information content (AvgIpc) is 2.57. The average molecular weight is 390 g/mol. The molecule has 0 unspecified atom stereocenters. The van der Waals surface area contributed by atoms with Crippen molar-refractivity contribution in [3.05, 3.63) is 52.5 Å². The highest BCUT2D eigenvalue weighted by Crippen LogP contribution is 2.22. The SMILES string of the molecule is CCN(CC)c1ccc(NCC(=O)Nc2ccc(Br)cc2)c(C)c1. The van der Waals surface area contributed by atoms with Crippen LogP contribution in [0.3, 0.4) is 0 Å². The Bertz CT molecular complexity index is 682. The second-order valence-corrected chi connectivity index (χ2v) is 6.50. The summed E-state index contributed by atoms with van der Waals surface area (Å²) in [5.74, 6) is -0.0652. The number of halogens is 1. The minimum Gasteiger partial charge on any atom is -0.376 e. The maximum atomic E-state index is 12.1. The van der Waals surface area contributed by atoms with Crippen LogP contribution in [-0.4, -0.2) is 25.5 Å². The van der Waals surface area contributed by atoms with Crippen molar-refractivity contribution in [1.82, 2.24) is 0 Å². The zero-order valence-corrected chi connectivity index (χ0v) is 16.0. The number of anilines is 3. The van der Waals surface area contributed by atoms with Crippen LogP contribution in [0.15, 0.2) is 46.9 Å². The largest absolute Gasteiger partial charge is 0.376 e. The van der Waals surface area contributed by atoms with E-state index in [-0.39, 0.29) is 12.5 Å². The molecule has 2 aromatic rings. The summed E-state index contributed by atoms with van der Waals surface area (Å²) in [4.78, 5) is 14.4. The monoisotopic (exact) mass is 389 g/mol. The first-order valence-electron chi connectivity index (χ1n) is 8.18. The van der Waals surface area contributed by atoms with Gasteiger partial charge in [0, 0.05) is 34.6 Å². The molecule has 2 aromatic carbocycles. The van der Waals surface area contributed by atoms with Crippen molar-refractivity contribution in [1.29, 1.82) is 0 Å². The van der Waals surface area contributed by atoms with Crippen LogP contribution in [0.25, 0.3) is 0 Å². The molecule has 5 heteroatoms. The van der Waals surface area contributed by atoms with Gasteiger partial charge in [0.25, 0.3) is 0 Å². The van der Waals surface area contributed by atoms with E-state index in [1.165, 1.54) is 5.69 Å².